The van der Waals surface area contributed by atoms with Crippen LogP contribution in [0.5, 0.6) is 0 Å². The van der Waals surface area contributed by atoms with E-state index in [-0.39, 0.29) is 0 Å². The lowest BCUT2D eigenvalue weighted by Crippen LogP contribution is -2.43. The Morgan fingerprint density at radius 1 is 1.37 bits per heavy atom. The molecule has 9 heteroatoms. The van der Waals surface area contributed by atoms with Gasteiger partial charge in [0.2, 0.25) is 0 Å². The molecule has 112 valence electrons. The maximum atomic E-state index is 10.8. The van der Waals surface area contributed by atoms with Gasteiger partial charge >= 0.3 is 0 Å². The molecule has 2 fully saturated rings. The second-order valence-electron chi connectivity index (χ2n) is 5.12. The van der Waals surface area contributed by atoms with Gasteiger partial charge in [0.05, 0.1) is 12.9 Å². The topological polar surface area (TPSA) is 112 Å². The van der Waals surface area contributed by atoms with Crippen LogP contribution in [0, 0.1) is 0 Å². The van der Waals surface area contributed by atoms with E-state index in [1.807, 2.05) is 0 Å². The molecule has 0 amide bonds. The van der Waals surface area contributed by atoms with Crippen molar-refractivity contribution in [3.05, 3.63) is 0 Å². The SMILES string of the molecule is CC1(C)O[C@@H]2O[C@@H]([C@H](O)COS(C)(=O)=O)[C@@H](O)[C@@H]2O1. The van der Waals surface area contributed by atoms with Crippen molar-refractivity contribution in [2.75, 3.05) is 12.9 Å². The summed E-state index contributed by atoms with van der Waals surface area (Å²) in [6.07, 6.45) is -4.08. The summed E-state index contributed by atoms with van der Waals surface area (Å²) < 4.78 is 42.3. The second-order valence-corrected chi connectivity index (χ2v) is 6.76. The van der Waals surface area contributed by atoms with Crippen LogP contribution in [0.25, 0.3) is 0 Å². The number of aliphatic hydroxyl groups excluding tert-OH is 2. The molecule has 2 N–H and O–H groups in total. The molecule has 0 bridgehead atoms. The largest absolute Gasteiger partial charge is 0.388 e. The third kappa shape index (κ3) is 3.43. The highest BCUT2D eigenvalue weighted by atomic mass is 32.2. The first-order valence-corrected chi connectivity index (χ1v) is 7.62. The van der Waals surface area contributed by atoms with Crippen molar-refractivity contribution in [3.63, 3.8) is 0 Å². The van der Waals surface area contributed by atoms with Crippen molar-refractivity contribution < 1.29 is 37.0 Å². The molecule has 2 aliphatic heterocycles. The Morgan fingerprint density at radius 2 is 2.00 bits per heavy atom. The first-order chi connectivity index (χ1) is 8.59. The van der Waals surface area contributed by atoms with Crippen molar-refractivity contribution >= 4 is 10.1 Å². The number of hydrogen-bond acceptors (Lipinski definition) is 8. The van der Waals surface area contributed by atoms with E-state index < -0.39 is 53.2 Å². The average Bonchev–Trinajstić information content (AvgIpc) is 2.69. The molecule has 2 heterocycles. The molecule has 0 saturated carbocycles. The van der Waals surface area contributed by atoms with Crippen LogP contribution in [0.3, 0.4) is 0 Å². The molecule has 0 aliphatic carbocycles. The van der Waals surface area contributed by atoms with Crippen LogP contribution in [0.2, 0.25) is 0 Å². The standard InChI is InChI=1S/C10H18O8S/c1-10(2)17-8-6(12)7(16-9(8)18-10)5(11)4-15-19(3,13)14/h5-9,11-12H,4H2,1-3H3/t5-,6-,7+,8+,9+/m1/s1. The zero-order chi connectivity index (χ0) is 14.4. The Morgan fingerprint density at radius 3 is 2.53 bits per heavy atom. The van der Waals surface area contributed by atoms with E-state index in [4.69, 9.17) is 14.2 Å². The van der Waals surface area contributed by atoms with Gasteiger partial charge in [-0.1, -0.05) is 0 Å². The minimum absolute atomic E-state index is 0.497. The lowest BCUT2D eigenvalue weighted by Gasteiger charge is -2.25. The highest BCUT2D eigenvalue weighted by molar-refractivity contribution is 7.85. The predicted octanol–water partition coefficient (Wildman–Crippen LogP) is -1.44. The molecular weight excluding hydrogens is 280 g/mol. The number of aliphatic hydroxyl groups is 2. The van der Waals surface area contributed by atoms with Crippen molar-refractivity contribution in [1.82, 2.24) is 0 Å². The van der Waals surface area contributed by atoms with Gasteiger partial charge in [-0.3, -0.25) is 4.18 Å². The minimum atomic E-state index is -3.66. The second kappa shape index (κ2) is 4.92. The van der Waals surface area contributed by atoms with Crippen LogP contribution >= 0.6 is 0 Å². The van der Waals surface area contributed by atoms with Gasteiger partial charge in [0, 0.05) is 0 Å². The van der Waals surface area contributed by atoms with Crippen molar-refractivity contribution in [2.45, 2.75) is 50.3 Å². The molecule has 2 aliphatic rings. The highest BCUT2D eigenvalue weighted by Gasteiger charge is 2.55. The summed E-state index contributed by atoms with van der Waals surface area (Å²) in [6, 6.07) is 0. The van der Waals surface area contributed by atoms with Crippen molar-refractivity contribution in [1.29, 1.82) is 0 Å². The van der Waals surface area contributed by atoms with Gasteiger partial charge in [-0.25, -0.2) is 0 Å². The lowest BCUT2D eigenvalue weighted by atomic mass is 10.1. The fourth-order valence-corrected chi connectivity index (χ4v) is 2.51. The highest BCUT2D eigenvalue weighted by Crippen LogP contribution is 2.38. The monoisotopic (exact) mass is 298 g/mol. The summed E-state index contributed by atoms with van der Waals surface area (Å²) in [4.78, 5) is 0. The van der Waals surface area contributed by atoms with Crippen LogP contribution in [0.1, 0.15) is 13.8 Å². The van der Waals surface area contributed by atoms with Crippen LogP contribution in [0.4, 0.5) is 0 Å². The maximum Gasteiger partial charge on any atom is 0.264 e. The van der Waals surface area contributed by atoms with Crippen LogP contribution in [-0.2, 0) is 28.5 Å². The van der Waals surface area contributed by atoms with Gasteiger partial charge in [0.1, 0.15) is 24.4 Å². The lowest BCUT2D eigenvalue weighted by molar-refractivity contribution is -0.226. The molecule has 0 unspecified atom stereocenters. The number of ether oxygens (including phenoxy) is 3. The van der Waals surface area contributed by atoms with Crippen LogP contribution < -0.4 is 0 Å². The molecule has 8 nitrogen and oxygen atoms in total. The molecule has 0 radical (unpaired) electrons. The summed E-state index contributed by atoms with van der Waals surface area (Å²) in [7, 11) is -3.66. The fraction of sp³-hybridized carbons (Fsp3) is 1.00. The molecule has 0 aromatic rings. The summed E-state index contributed by atoms with van der Waals surface area (Å²) in [5, 5.41) is 19.8. The van der Waals surface area contributed by atoms with Gasteiger partial charge in [-0.05, 0) is 13.8 Å². The quantitative estimate of drug-likeness (QED) is 0.607. The maximum absolute atomic E-state index is 10.8. The molecule has 19 heavy (non-hydrogen) atoms. The van der Waals surface area contributed by atoms with Crippen LogP contribution in [0.15, 0.2) is 0 Å². The van der Waals surface area contributed by atoms with Crippen molar-refractivity contribution in [3.8, 4) is 0 Å². The Bertz CT molecular complexity index is 433. The van der Waals surface area contributed by atoms with E-state index in [0.717, 1.165) is 6.26 Å². The number of fused-ring (bicyclic) bond motifs is 1. The summed E-state index contributed by atoms with van der Waals surface area (Å²) >= 11 is 0. The molecule has 0 aromatic carbocycles. The van der Waals surface area contributed by atoms with E-state index in [0.29, 0.717) is 0 Å². The zero-order valence-corrected chi connectivity index (χ0v) is 11.7. The van der Waals surface area contributed by atoms with Gasteiger partial charge in [0.15, 0.2) is 12.1 Å². The summed E-state index contributed by atoms with van der Waals surface area (Å²) in [5.41, 5.74) is 0. The normalized spacial score (nSPS) is 39.2. The van der Waals surface area contributed by atoms with Crippen LogP contribution in [-0.4, -0.2) is 68.0 Å². The van der Waals surface area contributed by atoms with E-state index in [1.54, 1.807) is 13.8 Å². The Hall–Kier alpha value is -0.290. The van der Waals surface area contributed by atoms with E-state index >= 15 is 0 Å². The average molecular weight is 298 g/mol. The first kappa shape index (κ1) is 15.1. The molecule has 5 atom stereocenters. The molecule has 2 saturated heterocycles. The van der Waals surface area contributed by atoms with Gasteiger partial charge in [-0.15, -0.1) is 0 Å². The number of rotatable bonds is 4. The third-order valence-corrected chi connectivity index (χ3v) is 3.45. The number of hydrogen-bond donors (Lipinski definition) is 2. The summed E-state index contributed by atoms with van der Waals surface area (Å²) in [5.74, 6) is -0.866. The minimum Gasteiger partial charge on any atom is -0.388 e. The molecule has 2 rings (SSSR count). The smallest absolute Gasteiger partial charge is 0.264 e. The molecule has 0 aromatic heterocycles. The van der Waals surface area contributed by atoms with E-state index in [9.17, 15) is 18.6 Å². The Balaban J connectivity index is 1.94. The molecule has 0 spiro atoms. The van der Waals surface area contributed by atoms with Crippen molar-refractivity contribution in [2.24, 2.45) is 0 Å². The predicted molar refractivity (Wildman–Crippen MR) is 61.5 cm³/mol. The zero-order valence-electron chi connectivity index (χ0n) is 10.8. The summed E-state index contributed by atoms with van der Waals surface area (Å²) in [6.45, 7) is 2.86. The first-order valence-electron chi connectivity index (χ1n) is 5.81. The van der Waals surface area contributed by atoms with Gasteiger partial charge < -0.3 is 24.4 Å². The fourth-order valence-electron chi connectivity index (χ4n) is 2.12. The molecular formula is C10H18O8S. The van der Waals surface area contributed by atoms with E-state index in [1.165, 1.54) is 0 Å². The van der Waals surface area contributed by atoms with Gasteiger partial charge in [-0.2, -0.15) is 8.42 Å². The van der Waals surface area contributed by atoms with E-state index in [2.05, 4.69) is 4.18 Å². The Labute approximate surface area is 111 Å². The Kier molecular flexibility index (Phi) is 3.91. The van der Waals surface area contributed by atoms with Gasteiger partial charge in [0.25, 0.3) is 10.1 Å². The third-order valence-electron chi connectivity index (χ3n) is 2.88.